The topological polar surface area (TPSA) is 182 Å². The van der Waals surface area contributed by atoms with Gasteiger partial charge in [-0.1, -0.05) is 30.3 Å². The van der Waals surface area contributed by atoms with Gasteiger partial charge in [0.25, 0.3) is 5.91 Å². The van der Waals surface area contributed by atoms with Gasteiger partial charge in [-0.25, -0.2) is 4.98 Å². The van der Waals surface area contributed by atoms with Crippen LogP contribution in [0.5, 0.6) is 0 Å². The van der Waals surface area contributed by atoms with E-state index in [2.05, 4.69) is 22.0 Å². The first-order valence-corrected chi connectivity index (χ1v) is 22.3. The lowest BCUT2D eigenvalue weighted by molar-refractivity contribution is -0.142. The number of amides is 4. The Bertz CT molecular complexity index is 2220. The van der Waals surface area contributed by atoms with Crippen molar-refractivity contribution in [2.45, 2.75) is 88.6 Å². The van der Waals surface area contributed by atoms with Crippen LogP contribution >= 0.6 is 30.3 Å². The molecule has 7 rings (SSSR count). The molecule has 0 spiro atoms. The number of thiophene rings is 1. The Labute approximate surface area is 336 Å². The highest BCUT2D eigenvalue weighted by atomic mass is 32.1. The van der Waals surface area contributed by atoms with Crippen molar-refractivity contribution in [2.24, 2.45) is 5.73 Å². The van der Waals surface area contributed by atoms with Gasteiger partial charge in [-0.05, 0) is 81.6 Å². The SMILES string of the molecule is CCOP(=O)(OCC)C(F)(F)c1ccc2sc(C(=O)N[C@H]3CNCC[C@H]4CC[C@@H](C(=O)N[C@@H](CCCC(N)=O)c5nc6c(s5)Cc5ccccc5-6)N4C3=O)cc2c1. The van der Waals surface area contributed by atoms with Crippen LogP contribution < -0.4 is 21.7 Å². The fraction of sp³-hybridized carbons (Fsp3) is 0.462. The summed E-state index contributed by atoms with van der Waals surface area (Å²) in [6.07, 6.45) is 3.44. The molecule has 18 heteroatoms. The molecule has 2 aliphatic heterocycles. The van der Waals surface area contributed by atoms with E-state index in [9.17, 15) is 23.7 Å². The number of hydrogen-bond donors (Lipinski definition) is 4. The van der Waals surface area contributed by atoms with Crippen LogP contribution in [0.2, 0.25) is 0 Å². The van der Waals surface area contributed by atoms with Crippen molar-refractivity contribution < 1.29 is 41.6 Å². The Balaban J connectivity index is 1.08. The molecule has 5 N–H and O–H groups in total. The number of carbonyl (C=O) groups excluding carboxylic acids is 4. The third kappa shape index (κ3) is 8.28. The minimum atomic E-state index is -4.84. The fourth-order valence-electron chi connectivity index (χ4n) is 7.85. The van der Waals surface area contributed by atoms with Gasteiger partial charge in [0.1, 0.15) is 17.1 Å². The molecule has 2 aromatic carbocycles. The Hall–Kier alpha value is -4.12. The number of aromatic nitrogens is 1. The first-order chi connectivity index (χ1) is 27.3. The van der Waals surface area contributed by atoms with E-state index in [4.69, 9.17) is 19.8 Å². The molecule has 13 nitrogen and oxygen atoms in total. The minimum Gasteiger partial charge on any atom is -0.370 e. The zero-order chi connectivity index (χ0) is 40.5. The second-order valence-corrected chi connectivity index (χ2v) is 18.6. The van der Waals surface area contributed by atoms with Gasteiger partial charge in [0, 0.05) is 46.1 Å². The van der Waals surface area contributed by atoms with Crippen LogP contribution in [-0.4, -0.2) is 77.9 Å². The van der Waals surface area contributed by atoms with Crippen molar-refractivity contribution in [3.05, 3.63) is 74.4 Å². The normalized spacial score (nSPS) is 20.0. The van der Waals surface area contributed by atoms with Crippen molar-refractivity contribution in [3.63, 3.8) is 0 Å². The Morgan fingerprint density at radius 2 is 1.86 bits per heavy atom. The maximum atomic E-state index is 15.5. The largest absolute Gasteiger partial charge is 0.404 e. The zero-order valence-corrected chi connectivity index (χ0v) is 34.1. The van der Waals surface area contributed by atoms with E-state index >= 15 is 8.78 Å². The molecule has 0 bridgehead atoms. The molecule has 4 heterocycles. The summed E-state index contributed by atoms with van der Waals surface area (Å²) >= 11 is 2.60. The molecule has 2 fully saturated rings. The lowest BCUT2D eigenvalue weighted by atomic mass is 10.1. The number of halogens is 2. The van der Waals surface area contributed by atoms with Gasteiger partial charge in [-0.3, -0.25) is 23.7 Å². The number of nitrogens with one attached hydrogen (secondary N) is 3. The van der Waals surface area contributed by atoms with E-state index in [0.717, 1.165) is 51.0 Å². The van der Waals surface area contributed by atoms with Crippen LogP contribution in [0.25, 0.3) is 21.3 Å². The van der Waals surface area contributed by atoms with Crippen molar-refractivity contribution in [3.8, 4) is 11.3 Å². The van der Waals surface area contributed by atoms with Crippen LogP contribution in [0.1, 0.15) is 89.1 Å². The highest BCUT2D eigenvalue weighted by Gasteiger charge is 2.55. The number of benzene rings is 2. The van der Waals surface area contributed by atoms with Crippen LogP contribution in [-0.2, 0) is 40.1 Å². The summed E-state index contributed by atoms with van der Waals surface area (Å²) in [6, 6.07) is 10.7. The molecule has 0 saturated carbocycles. The smallest absolute Gasteiger partial charge is 0.370 e. The number of primary amides is 1. The van der Waals surface area contributed by atoms with Gasteiger partial charge in [0.05, 0.1) is 29.8 Å². The first kappa shape index (κ1) is 41.1. The van der Waals surface area contributed by atoms with Crippen LogP contribution in [0.3, 0.4) is 0 Å². The van der Waals surface area contributed by atoms with Gasteiger partial charge in [-0.2, -0.15) is 8.78 Å². The third-order valence-corrected chi connectivity index (χ3v) is 15.0. The molecule has 57 heavy (non-hydrogen) atoms. The van der Waals surface area contributed by atoms with Gasteiger partial charge >= 0.3 is 13.3 Å². The summed E-state index contributed by atoms with van der Waals surface area (Å²) in [7, 11) is -4.84. The monoisotopic (exact) mass is 842 g/mol. The quantitative estimate of drug-likeness (QED) is 0.0892. The van der Waals surface area contributed by atoms with Crippen molar-refractivity contribution >= 4 is 64.0 Å². The van der Waals surface area contributed by atoms with Gasteiger partial charge < -0.3 is 35.6 Å². The van der Waals surface area contributed by atoms with E-state index in [1.165, 1.54) is 42.9 Å². The number of carbonyl (C=O) groups is 4. The second-order valence-electron chi connectivity index (χ2n) is 14.3. The number of hydrogen-bond acceptors (Lipinski definition) is 11. The van der Waals surface area contributed by atoms with Crippen molar-refractivity contribution in [1.82, 2.24) is 25.8 Å². The lowest BCUT2D eigenvalue weighted by Crippen LogP contribution is -2.60. The van der Waals surface area contributed by atoms with E-state index in [1.54, 1.807) is 4.90 Å². The number of rotatable bonds is 15. The molecule has 0 radical (unpaired) electrons. The molecule has 4 aromatic rings. The summed E-state index contributed by atoms with van der Waals surface area (Å²) in [5, 5.41) is 10.3. The highest BCUT2D eigenvalue weighted by molar-refractivity contribution is 7.54. The van der Waals surface area contributed by atoms with E-state index in [-0.39, 0.29) is 43.0 Å². The molecule has 4 atom stereocenters. The fourth-order valence-corrected chi connectivity index (χ4v) is 11.5. The van der Waals surface area contributed by atoms with E-state index < -0.39 is 54.7 Å². The zero-order valence-electron chi connectivity index (χ0n) is 31.6. The van der Waals surface area contributed by atoms with E-state index in [0.29, 0.717) is 48.7 Å². The standard InChI is InChI=1S/C39H45F2N6O7PS2/c1-3-53-55(52,54-4-2)39(40,41)24-12-15-30-23(18-24)20-32(56-30)36(50)45-28-21-43-17-16-25-13-14-29(47(25)38(28)51)35(49)44-27(10-7-11-33(42)48)37-46-34-26-9-6-5-8-22(26)19-31(34)57-37/h5-6,8-9,12,15,18,20,25,27-29,43H,3-4,7,10-11,13-14,16-17,19,21H2,1-2H3,(H2,42,48)(H,44,49)(H,45,50)/t25-,27+,28+,29+/m1/s1. The molecule has 2 aromatic heterocycles. The molecule has 3 aliphatic rings. The lowest BCUT2D eigenvalue weighted by Gasteiger charge is -2.35. The number of thiazole rings is 1. The molecule has 0 unspecified atom stereocenters. The van der Waals surface area contributed by atoms with Gasteiger partial charge in [0.15, 0.2) is 0 Å². The Morgan fingerprint density at radius 3 is 2.61 bits per heavy atom. The number of alkyl halides is 2. The average Bonchev–Trinajstić information content (AvgIpc) is 3.96. The van der Waals surface area contributed by atoms with Crippen LogP contribution in [0.4, 0.5) is 8.78 Å². The minimum absolute atomic E-state index is 0.120. The molecule has 304 valence electrons. The Morgan fingerprint density at radius 1 is 1.09 bits per heavy atom. The first-order valence-electron chi connectivity index (χ1n) is 19.1. The van der Waals surface area contributed by atoms with E-state index in [1.807, 2.05) is 18.2 Å². The summed E-state index contributed by atoms with van der Waals surface area (Å²) in [4.78, 5) is 61.6. The van der Waals surface area contributed by atoms with Crippen LogP contribution in [0.15, 0.2) is 48.5 Å². The molecular formula is C39H45F2N6O7PS2. The highest BCUT2D eigenvalue weighted by Crippen LogP contribution is 2.67. The summed E-state index contributed by atoms with van der Waals surface area (Å²) in [5.41, 5.74) is 4.09. The van der Waals surface area contributed by atoms with Gasteiger partial charge in [-0.15, -0.1) is 22.7 Å². The Kier molecular flexibility index (Phi) is 12.2. The summed E-state index contributed by atoms with van der Waals surface area (Å²) in [5.74, 6) is -1.75. The predicted octanol–water partition coefficient (Wildman–Crippen LogP) is 6.21. The summed E-state index contributed by atoms with van der Waals surface area (Å²) in [6.45, 7) is 3.10. The van der Waals surface area contributed by atoms with Crippen molar-refractivity contribution in [1.29, 1.82) is 0 Å². The molecule has 4 amide bonds. The maximum Gasteiger partial charge on any atom is 0.404 e. The third-order valence-electron chi connectivity index (χ3n) is 10.6. The van der Waals surface area contributed by atoms with Gasteiger partial charge in [0.2, 0.25) is 17.7 Å². The molecular weight excluding hydrogens is 798 g/mol. The molecule has 2 saturated heterocycles. The molecule has 1 aliphatic carbocycles. The second kappa shape index (κ2) is 17.0. The van der Waals surface area contributed by atoms with Crippen LogP contribution in [0, 0.1) is 0 Å². The number of nitrogens with two attached hydrogens (primary N) is 1. The predicted molar refractivity (Wildman–Crippen MR) is 213 cm³/mol. The number of nitrogens with zero attached hydrogens (tertiary/aromatic N) is 2. The average molecular weight is 843 g/mol. The van der Waals surface area contributed by atoms with Crippen molar-refractivity contribution in [2.75, 3.05) is 26.3 Å². The summed E-state index contributed by atoms with van der Waals surface area (Å²) < 4.78 is 54.5. The number of fused-ring (bicyclic) bond motifs is 5. The maximum absolute atomic E-state index is 15.5.